The van der Waals surface area contributed by atoms with Crippen LogP contribution in [0.15, 0.2) is 23.3 Å². The number of imide groups is 2. The van der Waals surface area contributed by atoms with Crippen LogP contribution in [0.2, 0.25) is 0 Å². The maximum atomic E-state index is 13.7. The molecule has 5 fully saturated rings. The van der Waals surface area contributed by atoms with E-state index in [-0.39, 0.29) is 23.6 Å². The van der Waals surface area contributed by atoms with Gasteiger partial charge in [-0.15, -0.1) is 0 Å². The predicted octanol–water partition coefficient (Wildman–Crippen LogP) is 3.27. The highest BCUT2D eigenvalue weighted by Gasteiger charge is 2.76. The number of fused-ring (bicyclic) bond motifs is 2. The molecule has 0 radical (unpaired) electrons. The number of hydrogen-bond donors (Lipinski definition) is 0. The van der Waals surface area contributed by atoms with E-state index in [1.165, 1.54) is 0 Å². The molecule has 4 bridgehead atoms. The summed E-state index contributed by atoms with van der Waals surface area (Å²) in [6, 6.07) is 0. The van der Waals surface area contributed by atoms with Crippen LogP contribution < -0.4 is 0 Å². The summed E-state index contributed by atoms with van der Waals surface area (Å²) in [6.45, 7) is 0.850. The molecule has 2 spiro atoms. The molecule has 0 aromatic heterocycles. The minimum absolute atomic E-state index is 0.0186. The third kappa shape index (κ3) is 1.71. The van der Waals surface area contributed by atoms with Crippen LogP contribution >= 0.6 is 0 Å². The Morgan fingerprint density at radius 1 is 0.531 bits per heavy atom. The quantitative estimate of drug-likeness (QED) is 0.433. The van der Waals surface area contributed by atoms with Crippen LogP contribution in [0.4, 0.5) is 0 Å². The molecule has 6 heteroatoms. The average Bonchev–Trinajstić information content (AvgIpc) is 3.01. The van der Waals surface area contributed by atoms with Crippen LogP contribution in [0, 0.1) is 21.7 Å². The van der Waals surface area contributed by atoms with Gasteiger partial charge in [-0.05, 0) is 51.4 Å². The molecule has 6 nitrogen and oxygen atoms in total. The van der Waals surface area contributed by atoms with Gasteiger partial charge >= 0.3 is 0 Å². The molecule has 3 heterocycles. The Morgan fingerprint density at radius 2 is 0.938 bits per heavy atom. The lowest BCUT2D eigenvalue weighted by Gasteiger charge is -2.53. The molecule has 32 heavy (non-hydrogen) atoms. The fourth-order valence-corrected chi connectivity index (χ4v) is 8.96. The summed E-state index contributed by atoms with van der Waals surface area (Å²) in [5, 5.41) is 0. The second-order valence-corrected chi connectivity index (χ2v) is 11.2. The zero-order valence-electron chi connectivity index (χ0n) is 18.6. The van der Waals surface area contributed by atoms with E-state index in [1.807, 2.05) is 0 Å². The van der Waals surface area contributed by atoms with Gasteiger partial charge in [0, 0.05) is 13.1 Å². The predicted molar refractivity (Wildman–Crippen MR) is 115 cm³/mol. The summed E-state index contributed by atoms with van der Waals surface area (Å²) in [5.74, 6) is 0.0927. The highest BCUT2D eigenvalue weighted by molar-refractivity contribution is 6.16. The van der Waals surface area contributed by atoms with E-state index in [9.17, 15) is 19.2 Å². The molecule has 3 aliphatic heterocycles. The molecule has 0 N–H and O–H groups in total. The van der Waals surface area contributed by atoms with Crippen molar-refractivity contribution in [3.8, 4) is 0 Å². The van der Waals surface area contributed by atoms with Crippen LogP contribution in [0.1, 0.15) is 77.0 Å². The van der Waals surface area contributed by atoms with Crippen molar-refractivity contribution in [1.82, 2.24) is 9.80 Å². The Labute approximate surface area is 188 Å². The van der Waals surface area contributed by atoms with E-state index in [4.69, 9.17) is 0 Å². The van der Waals surface area contributed by atoms with Gasteiger partial charge in [-0.2, -0.15) is 0 Å². The van der Waals surface area contributed by atoms with E-state index in [0.29, 0.717) is 38.8 Å². The zero-order chi connectivity index (χ0) is 21.9. The van der Waals surface area contributed by atoms with Crippen molar-refractivity contribution < 1.29 is 19.2 Å². The first-order valence-corrected chi connectivity index (χ1v) is 12.6. The molecule has 4 amide bonds. The number of amides is 4. The van der Waals surface area contributed by atoms with Crippen LogP contribution in [0.5, 0.6) is 0 Å². The van der Waals surface area contributed by atoms with Gasteiger partial charge in [0.15, 0.2) is 0 Å². The van der Waals surface area contributed by atoms with Gasteiger partial charge < -0.3 is 0 Å². The van der Waals surface area contributed by atoms with Gasteiger partial charge in [0.2, 0.25) is 23.6 Å². The first kappa shape index (κ1) is 19.2. The minimum atomic E-state index is -0.638. The summed E-state index contributed by atoms with van der Waals surface area (Å²) in [5.41, 5.74) is -0.332. The molecular weight excluding hydrogens is 404 g/mol. The summed E-state index contributed by atoms with van der Waals surface area (Å²) in [4.78, 5) is 57.5. The third-order valence-electron chi connectivity index (χ3n) is 10.3. The highest BCUT2D eigenvalue weighted by atomic mass is 16.2. The molecule has 0 aromatic rings. The largest absolute Gasteiger partial charge is 0.281 e. The summed E-state index contributed by atoms with van der Waals surface area (Å²) >= 11 is 0. The molecule has 168 valence electrons. The van der Waals surface area contributed by atoms with Crippen molar-refractivity contribution >= 4 is 23.6 Å². The number of rotatable bonds is 0. The van der Waals surface area contributed by atoms with Crippen molar-refractivity contribution in [2.45, 2.75) is 77.0 Å². The number of nitrogens with zero attached hydrogens (tertiary/aromatic N) is 2. The molecule has 7 rings (SSSR count). The summed E-state index contributed by atoms with van der Waals surface area (Å²) in [7, 11) is 0. The molecule has 2 saturated carbocycles. The zero-order valence-corrected chi connectivity index (χ0v) is 18.6. The van der Waals surface area contributed by atoms with Crippen LogP contribution in [0.3, 0.4) is 0 Å². The number of hydrogen-bond acceptors (Lipinski definition) is 4. The lowest BCUT2D eigenvalue weighted by Crippen LogP contribution is -2.54. The molecular formula is C26H30N2O4. The SMILES string of the molecule is O=C1N2CCCC3=C[C@]45CCCC[C@]34C(=O)N(CCCC3=C[C@]4(CCCC[C@@]134)C2=O)C5=O. The van der Waals surface area contributed by atoms with Gasteiger partial charge in [0.1, 0.15) is 0 Å². The maximum absolute atomic E-state index is 13.7. The third-order valence-corrected chi connectivity index (χ3v) is 10.3. The van der Waals surface area contributed by atoms with Crippen LogP contribution in [0.25, 0.3) is 0 Å². The summed E-state index contributed by atoms with van der Waals surface area (Å²) < 4.78 is 0. The standard InChI is InChI=1S/C26H30N2O4/c29-19-23-9-1-3-11-25(23)17(15-23)7-5-14-28-20(30)24-10-2-4-12-26(24,22(28)32)18(16-24)8-6-13-27(19)21(25)31/h15-16H,1-14H2/t23-,24+,25+,26-. The Kier molecular flexibility index (Phi) is 3.50. The van der Waals surface area contributed by atoms with Crippen molar-refractivity contribution in [3.05, 3.63) is 23.3 Å². The Morgan fingerprint density at radius 3 is 1.38 bits per heavy atom. The van der Waals surface area contributed by atoms with Crippen LogP contribution in [-0.4, -0.2) is 46.5 Å². The first-order chi connectivity index (χ1) is 15.4. The fraction of sp³-hybridized carbons (Fsp3) is 0.692. The normalized spacial score (nSPS) is 44.8. The second-order valence-electron chi connectivity index (χ2n) is 11.2. The van der Waals surface area contributed by atoms with Crippen molar-refractivity contribution in [3.63, 3.8) is 0 Å². The Bertz CT molecular complexity index is 990. The van der Waals surface area contributed by atoms with E-state index in [1.54, 1.807) is 9.80 Å². The minimum Gasteiger partial charge on any atom is -0.281 e. The van der Waals surface area contributed by atoms with E-state index in [2.05, 4.69) is 12.2 Å². The lowest BCUT2D eigenvalue weighted by atomic mass is 9.46. The van der Waals surface area contributed by atoms with E-state index >= 15 is 0 Å². The smallest absolute Gasteiger partial charge is 0.240 e. The van der Waals surface area contributed by atoms with E-state index in [0.717, 1.165) is 62.5 Å². The number of carbonyl (C=O) groups is 4. The van der Waals surface area contributed by atoms with E-state index < -0.39 is 21.7 Å². The number of carbonyl (C=O) groups excluding carboxylic acids is 4. The Balaban J connectivity index is 1.28. The van der Waals surface area contributed by atoms with Crippen molar-refractivity contribution in [2.75, 3.05) is 13.1 Å². The Hall–Kier alpha value is -2.24. The van der Waals surface area contributed by atoms with Gasteiger partial charge in [0.05, 0.1) is 21.7 Å². The monoisotopic (exact) mass is 434 g/mol. The van der Waals surface area contributed by atoms with Gasteiger partial charge in [-0.1, -0.05) is 49.0 Å². The maximum Gasteiger partial charge on any atom is 0.240 e. The molecule has 7 aliphatic rings. The highest BCUT2D eigenvalue weighted by Crippen LogP contribution is 2.71. The van der Waals surface area contributed by atoms with Gasteiger partial charge in [-0.25, -0.2) is 0 Å². The van der Waals surface area contributed by atoms with Gasteiger partial charge in [0.25, 0.3) is 0 Å². The summed E-state index contributed by atoms with van der Waals surface area (Å²) in [6.07, 6.45) is 13.9. The molecule has 0 unspecified atom stereocenters. The van der Waals surface area contributed by atoms with Crippen molar-refractivity contribution in [1.29, 1.82) is 0 Å². The first-order valence-electron chi connectivity index (χ1n) is 12.6. The lowest BCUT2D eigenvalue weighted by molar-refractivity contribution is -0.143. The molecule has 3 saturated heterocycles. The molecule has 4 atom stereocenters. The van der Waals surface area contributed by atoms with Gasteiger partial charge in [-0.3, -0.25) is 29.0 Å². The second kappa shape index (κ2) is 5.81. The molecule has 4 aliphatic carbocycles. The topological polar surface area (TPSA) is 74.8 Å². The molecule has 0 aromatic carbocycles. The van der Waals surface area contributed by atoms with Crippen LogP contribution in [-0.2, 0) is 19.2 Å². The fourth-order valence-electron chi connectivity index (χ4n) is 8.96. The van der Waals surface area contributed by atoms with Crippen molar-refractivity contribution in [2.24, 2.45) is 21.7 Å². The average molecular weight is 435 g/mol.